The van der Waals surface area contributed by atoms with Gasteiger partial charge in [0.2, 0.25) is 16.8 Å². The summed E-state index contributed by atoms with van der Waals surface area (Å²) in [4.78, 5) is 12.9. The molecule has 0 bridgehead atoms. The topological polar surface area (TPSA) is 99.5 Å². The highest BCUT2D eigenvalue weighted by molar-refractivity contribution is 7.90. The Morgan fingerprint density at radius 3 is 2.76 bits per heavy atom. The monoisotopic (exact) mass is 523 g/mol. The Morgan fingerprint density at radius 1 is 1.14 bits per heavy atom. The van der Waals surface area contributed by atoms with E-state index >= 15 is 0 Å². The van der Waals surface area contributed by atoms with Crippen LogP contribution in [0.1, 0.15) is 48.1 Å². The molecule has 3 heterocycles. The van der Waals surface area contributed by atoms with Crippen LogP contribution in [0.25, 0.3) is 11.1 Å². The Hall–Kier alpha value is -3.17. The summed E-state index contributed by atoms with van der Waals surface area (Å²) in [6.45, 7) is 8.57. The fourth-order valence-corrected chi connectivity index (χ4v) is 6.01. The number of fused-ring (bicyclic) bond motifs is 2. The van der Waals surface area contributed by atoms with Crippen molar-refractivity contribution in [2.24, 2.45) is 5.92 Å². The van der Waals surface area contributed by atoms with Gasteiger partial charge in [0.05, 0.1) is 32.8 Å². The Kier molecular flexibility index (Phi) is 7.09. The minimum Gasteiger partial charge on any atom is -0.477 e. The molecule has 2 aromatic carbocycles. The second-order valence-electron chi connectivity index (χ2n) is 9.86. The van der Waals surface area contributed by atoms with Gasteiger partial charge in [-0.2, -0.15) is 13.5 Å². The third-order valence-corrected chi connectivity index (χ3v) is 8.56. The van der Waals surface area contributed by atoms with Crippen LogP contribution in [0.2, 0.25) is 0 Å². The number of carbonyl (C=O) groups is 1. The van der Waals surface area contributed by atoms with Crippen LogP contribution in [-0.2, 0) is 52.0 Å². The molecule has 3 aromatic rings. The summed E-state index contributed by atoms with van der Waals surface area (Å²) in [6.07, 6.45) is 2.53. The highest BCUT2D eigenvalue weighted by Crippen LogP contribution is 2.30. The number of ether oxygens (including phenoxy) is 2. The molecule has 0 spiro atoms. The van der Waals surface area contributed by atoms with E-state index < -0.39 is 15.9 Å². The molecule has 2 aliphatic rings. The molecule has 0 saturated heterocycles. The van der Waals surface area contributed by atoms with Gasteiger partial charge in [0.15, 0.2) is 0 Å². The van der Waals surface area contributed by atoms with E-state index in [1.165, 1.54) is 17.2 Å². The maximum atomic E-state index is 12.9. The maximum absolute atomic E-state index is 12.9. The fourth-order valence-electron chi connectivity index (χ4n) is 5.07. The first-order chi connectivity index (χ1) is 17.8. The molecule has 1 amide bonds. The number of carbonyl (C=O) groups excluding carboxylic acids is 1. The molecular weight excluding hydrogens is 490 g/mol. The first-order valence-corrected chi connectivity index (χ1v) is 14.3. The number of hydrogen-bond acceptors (Lipinski definition) is 6. The van der Waals surface area contributed by atoms with E-state index in [0.717, 1.165) is 53.7 Å². The molecule has 1 atom stereocenters. The van der Waals surface area contributed by atoms with E-state index in [0.29, 0.717) is 25.6 Å². The van der Waals surface area contributed by atoms with Gasteiger partial charge in [0.1, 0.15) is 0 Å². The van der Waals surface area contributed by atoms with Crippen LogP contribution in [-0.4, -0.2) is 37.3 Å². The van der Waals surface area contributed by atoms with Crippen molar-refractivity contribution in [3.05, 3.63) is 64.2 Å². The largest absolute Gasteiger partial charge is 0.477 e. The summed E-state index contributed by atoms with van der Waals surface area (Å²) in [6, 6.07) is 12.0. The zero-order valence-electron chi connectivity index (χ0n) is 21.5. The fraction of sp³-hybridized carbons (Fsp3) is 0.429. The third-order valence-electron chi connectivity index (χ3n) is 7.32. The third kappa shape index (κ3) is 5.29. The molecule has 1 aromatic heterocycles. The molecule has 9 heteroatoms. The highest BCUT2D eigenvalue weighted by atomic mass is 32.2. The number of benzene rings is 2. The van der Waals surface area contributed by atoms with E-state index in [4.69, 9.17) is 9.47 Å². The van der Waals surface area contributed by atoms with Crippen LogP contribution in [0.4, 0.5) is 0 Å². The summed E-state index contributed by atoms with van der Waals surface area (Å²) < 4.78 is 40.9. The van der Waals surface area contributed by atoms with Gasteiger partial charge in [-0.1, -0.05) is 38.1 Å². The lowest BCUT2D eigenvalue weighted by molar-refractivity contribution is -0.118. The van der Waals surface area contributed by atoms with E-state index in [1.54, 1.807) is 4.68 Å². The minimum atomic E-state index is -4.11. The lowest BCUT2D eigenvalue weighted by Crippen LogP contribution is -2.32. The maximum Gasteiger partial charge on any atom is 0.283 e. The van der Waals surface area contributed by atoms with Gasteiger partial charge in [-0.25, -0.2) is 9.40 Å². The number of nitrogens with one attached hydrogen (secondary N) is 1. The molecule has 8 nitrogen and oxygen atoms in total. The van der Waals surface area contributed by atoms with Gasteiger partial charge in [0, 0.05) is 12.0 Å². The van der Waals surface area contributed by atoms with Gasteiger partial charge in [-0.3, -0.25) is 4.79 Å². The van der Waals surface area contributed by atoms with Gasteiger partial charge in [-0.05, 0) is 71.2 Å². The van der Waals surface area contributed by atoms with Crippen LogP contribution >= 0.6 is 0 Å². The first kappa shape index (κ1) is 25.5. The number of aromatic nitrogens is 2. The molecule has 0 saturated carbocycles. The Morgan fingerprint density at radius 2 is 1.97 bits per heavy atom. The van der Waals surface area contributed by atoms with Gasteiger partial charge < -0.3 is 9.47 Å². The van der Waals surface area contributed by atoms with Crippen LogP contribution in [0.3, 0.4) is 0 Å². The van der Waals surface area contributed by atoms with Crippen molar-refractivity contribution in [1.82, 2.24) is 14.5 Å². The molecule has 0 aliphatic carbocycles. The number of hydrogen-bond donors (Lipinski definition) is 1. The van der Waals surface area contributed by atoms with Gasteiger partial charge in [-0.15, -0.1) is 0 Å². The minimum absolute atomic E-state index is 0.0332. The standard InChI is InChI=1S/C28H33N3O5S/c1-4-19-15-31-28(36-16-19)14-27(29-31)37(33,34)30-26(32)13-25-18(3)10-23(11-20(25)5-2)22-7-6-21-8-9-35-17-24(21)12-22/h6-7,10-12,14,19H,4-5,8-9,13,15-17H2,1-3H3,(H,30,32)/t19-/m0/s1. The van der Waals surface area contributed by atoms with Crippen LogP contribution in [0.5, 0.6) is 5.88 Å². The highest BCUT2D eigenvalue weighted by Gasteiger charge is 2.27. The van der Waals surface area contributed by atoms with Crippen molar-refractivity contribution in [2.45, 2.75) is 64.6 Å². The Labute approximate surface area is 218 Å². The van der Waals surface area contributed by atoms with Crippen molar-refractivity contribution < 1.29 is 22.7 Å². The van der Waals surface area contributed by atoms with E-state index in [1.807, 2.05) is 13.8 Å². The second-order valence-corrected chi connectivity index (χ2v) is 11.5. The van der Waals surface area contributed by atoms with E-state index in [9.17, 15) is 13.2 Å². The van der Waals surface area contributed by atoms with Crippen molar-refractivity contribution in [2.75, 3.05) is 13.2 Å². The number of nitrogens with zero attached hydrogens (tertiary/aromatic N) is 2. The zero-order valence-corrected chi connectivity index (χ0v) is 22.4. The lowest BCUT2D eigenvalue weighted by atomic mass is 9.90. The van der Waals surface area contributed by atoms with Gasteiger partial charge in [0.25, 0.3) is 10.0 Å². The summed E-state index contributed by atoms with van der Waals surface area (Å²) in [7, 11) is -4.11. The predicted molar refractivity (Wildman–Crippen MR) is 140 cm³/mol. The van der Waals surface area contributed by atoms with Crippen molar-refractivity contribution in [3.63, 3.8) is 0 Å². The molecule has 37 heavy (non-hydrogen) atoms. The molecule has 1 N–H and O–H groups in total. The first-order valence-electron chi connectivity index (χ1n) is 12.9. The summed E-state index contributed by atoms with van der Waals surface area (Å²) in [5, 5.41) is 3.99. The van der Waals surface area contributed by atoms with Crippen molar-refractivity contribution >= 4 is 15.9 Å². The summed E-state index contributed by atoms with van der Waals surface area (Å²) in [5.41, 5.74) is 7.54. The Bertz CT molecular complexity index is 1440. The van der Waals surface area contributed by atoms with Crippen molar-refractivity contribution in [1.29, 1.82) is 0 Å². The predicted octanol–water partition coefficient (Wildman–Crippen LogP) is 3.96. The Balaban J connectivity index is 1.34. The SMILES string of the molecule is CCc1cc(-c2ccc3c(c2)COCC3)cc(C)c1CC(=O)NS(=O)(=O)c1cc2n(n1)C[C@H](CC)CO2. The quantitative estimate of drug-likeness (QED) is 0.503. The smallest absolute Gasteiger partial charge is 0.283 e. The average Bonchev–Trinajstić information content (AvgIpc) is 3.33. The van der Waals surface area contributed by atoms with E-state index in [2.05, 4.69) is 47.1 Å². The number of rotatable bonds is 7. The molecule has 5 rings (SSSR count). The van der Waals surface area contributed by atoms with Crippen LogP contribution < -0.4 is 9.46 Å². The second kappa shape index (κ2) is 10.3. The molecule has 0 unspecified atom stereocenters. The normalized spacial score (nSPS) is 17.0. The average molecular weight is 524 g/mol. The number of amides is 1. The molecule has 196 valence electrons. The zero-order chi connectivity index (χ0) is 26.2. The molecule has 0 radical (unpaired) electrons. The molecule has 0 fully saturated rings. The summed E-state index contributed by atoms with van der Waals surface area (Å²) >= 11 is 0. The lowest BCUT2D eigenvalue weighted by Gasteiger charge is -2.22. The summed E-state index contributed by atoms with van der Waals surface area (Å²) in [5.74, 6) is 0.103. The number of sulfonamides is 1. The van der Waals surface area contributed by atoms with Crippen LogP contribution in [0.15, 0.2) is 41.4 Å². The van der Waals surface area contributed by atoms with Crippen molar-refractivity contribution in [3.8, 4) is 17.0 Å². The van der Waals surface area contributed by atoms with E-state index in [-0.39, 0.29) is 17.4 Å². The van der Waals surface area contributed by atoms with Gasteiger partial charge >= 0.3 is 0 Å². The number of aryl methyl sites for hydroxylation is 2. The molecular formula is C28H33N3O5S. The molecule has 2 aliphatic heterocycles. The van der Waals surface area contributed by atoms with Crippen LogP contribution in [0, 0.1) is 12.8 Å².